The molecule has 0 saturated carbocycles. The second-order valence-electron chi connectivity index (χ2n) is 6.70. The van der Waals surface area contributed by atoms with Gasteiger partial charge in [0.15, 0.2) is 0 Å². The summed E-state index contributed by atoms with van der Waals surface area (Å²) in [6, 6.07) is 1.43. The van der Waals surface area contributed by atoms with Crippen LogP contribution in [0.15, 0.2) is 18.2 Å². The third-order valence-corrected chi connectivity index (χ3v) is 4.71. The second kappa shape index (κ2) is 8.58. The number of benzene rings is 1. The van der Waals surface area contributed by atoms with E-state index in [-0.39, 0.29) is 23.6 Å². The monoisotopic (exact) mass is 389 g/mol. The van der Waals surface area contributed by atoms with Gasteiger partial charge in [0, 0.05) is 30.7 Å². The summed E-state index contributed by atoms with van der Waals surface area (Å²) >= 11 is 0. The molecule has 1 aliphatic heterocycles. The van der Waals surface area contributed by atoms with E-state index in [1.807, 2.05) is 13.8 Å². The van der Waals surface area contributed by atoms with Gasteiger partial charge in [-0.1, -0.05) is 13.8 Å². The van der Waals surface area contributed by atoms with Crippen LogP contribution in [0.4, 0.5) is 28.0 Å². The van der Waals surface area contributed by atoms with E-state index in [2.05, 4.69) is 10.6 Å². The van der Waals surface area contributed by atoms with Gasteiger partial charge in [0.2, 0.25) is 5.91 Å². The zero-order valence-corrected chi connectivity index (χ0v) is 15.2. The van der Waals surface area contributed by atoms with E-state index in [4.69, 9.17) is 0 Å². The van der Waals surface area contributed by atoms with Crippen molar-refractivity contribution in [3.63, 3.8) is 0 Å². The number of hydrogen-bond acceptors (Lipinski definition) is 2. The standard InChI is InChI=1S/C18H23F4N3O2/c1-3-11(2)16(26)25-8-6-12(7-9-25)23-17(27)24-13-4-5-14(15(19)10-13)18(20,21)22/h4-5,10-12H,3,6-9H2,1-2H3,(H2,23,24,27). The van der Waals surface area contributed by atoms with Gasteiger partial charge < -0.3 is 15.5 Å². The lowest BCUT2D eigenvalue weighted by atomic mass is 10.0. The minimum Gasteiger partial charge on any atom is -0.342 e. The number of carbonyl (C=O) groups is 2. The average molecular weight is 389 g/mol. The molecule has 0 spiro atoms. The number of likely N-dealkylation sites (tertiary alicyclic amines) is 1. The van der Waals surface area contributed by atoms with Crippen molar-refractivity contribution in [1.29, 1.82) is 0 Å². The third kappa shape index (κ3) is 5.58. The van der Waals surface area contributed by atoms with Gasteiger partial charge in [0.25, 0.3) is 0 Å². The van der Waals surface area contributed by atoms with Gasteiger partial charge in [-0.2, -0.15) is 13.2 Å². The van der Waals surface area contributed by atoms with Crippen LogP contribution in [0.5, 0.6) is 0 Å². The quantitative estimate of drug-likeness (QED) is 0.765. The second-order valence-corrected chi connectivity index (χ2v) is 6.70. The number of piperidine rings is 1. The highest BCUT2D eigenvalue weighted by Gasteiger charge is 2.34. The van der Waals surface area contributed by atoms with Crippen LogP contribution in [-0.2, 0) is 11.0 Å². The first-order valence-corrected chi connectivity index (χ1v) is 8.84. The molecule has 9 heteroatoms. The molecule has 1 fully saturated rings. The largest absolute Gasteiger partial charge is 0.419 e. The fourth-order valence-corrected chi connectivity index (χ4v) is 2.91. The molecule has 0 bridgehead atoms. The summed E-state index contributed by atoms with van der Waals surface area (Å²) in [5.41, 5.74) is -1.45. The molecule has 1 aliphatic rings. The third-order valence-electron chi connectivity index (χ3n) is 4.71. The minimum absolute atomic E-state index is 0.0348. The van der Waals surface area contributed by atoms with E-state index < -0.39 is 23.6 Å². The van der Waals surface area contributed by atoms with Crippen LogP contribution in [0.1, 0.15) is 38.7 Å². The molecule has 1 atom stereocenters. The van der Waals surface area contributed by atoms with Gasteiger partial charge in [-0.15, -0.1) is 0 Å². The van der Waals surface area contributed by atoms with Crippen molar-refractivity contribution in [3.8, 4) is 0 Å². The molecular formula is C18H23F4N3O2. The topological polar surface area (TPSA) is 61.4 Å². The molecule has 5 nitrogen and oxygen atoms in total. The molecule has 0 radical (unpaired) electrons. The molecule has 1 unspecified atom stereocenters. The lowest BCUT2D eigenvalue weighted by molar-refractivity contribution is -0.140. The molecule has 150 valence electrons. The van der Waals surface area contributed by atoms with Crippen LogP contribution in [0.25, 0.3) is 0 Å². The van der Waals surface area contributed by atoms with Crippen molar-refractivity contribution in [3.05, 3.63) is 29.6 Å². The Labute approximate surface area is 155 Å². The lowest BCUT2D eigenvalue weighted by Crippen LogP contribution is -2.48. The molecule has 1 aromatic carbocycles. The first-order chi connectivity index (χ1) is 12.6. The van der Waals surface area contributed by atoms with Gasteiger partial charge in [-0.3, -0.25) is 4.79 Å². The predicted molar refractivity (Wildman–Crippen MR) is 92.6 cm³/mol. The molecule has 1 saturated heterocycles. The van der Waals surface area contributed by atoms with Gasteiger partial charge in [0.05, 0.1) is 5.56 Å². The maximum Gasteiger partial charge on any atom is 0.419 e. The van der Waals surface area contributed by atoms with Crippen LogP contribution < -0.4 is 10.6 Å². The molecule has 1 heterocycles. The number of anilines is 1. The molecule has 1 aromatic rings. The van der Waals surface area contributed by atoms with E-state index in [1.165, 1.54) is 0 Å². The van der Waals surface area contributed by atoms with Crippen molar-refractivity contribution in [2.45, 2.75) is 45.3 Å². The number of carbonyl (C=O) groups excluding carboxylic acids is 2. The summed E-state index contributed by atoms with van der Waals surface area (Å²) in [7, 11) is 0. The molecule has 2 N–H and O–H groups in total. The first-order valence-electron chi connectivity index (χ1n) is 8.84. The molecule has 2 rings (SSSR count). The van der Waals surface area contributed by atoms with Crippen LogP contribution in [-0.4, -0.2) is 36.0 Å². The van der Waals surface area contributed by atoms with Gasteiger partial charge in [0.1, 0.15) is 5.82 Å². The molecular weight excluding hydrogens is 366 g/mol. The summed E-state index contributed by atoms with van der Waals surface area (Å²) in [6.07, 6.45) is -2.86. The van der Waals surface area contributed by atoms with E-state index in [0.29, 0.717) is 38.1 Å². The van der Waals surface area contributed by atoms with Crippen molar-refractivity contribution in [2.24, 2.45) is 5.92 Å². The van der Waals surface area contributed by atoms with Crippen LogP contribution in [0.3, 0.4) is 0 Å². The zero-order chi connectivity index (χ0) is 20.2. The number of hydrogen-bond donors (Lipinski definition) is 2. The van der Waals surface area contributed by atoms with Crippen molar-refractivity contribution in [2.75, 3.05) is 18.4 Å². The Morgan fingerprint density at radius 2 is 1.89 bits per heavy atom. The van der Waals surface area contributed by atoms with Crippen LogP contribution in [0, 0.1) is 11.7 Å². The van der Waals surface area contributed by atoms with Crippen molar-refractivity contribution >= 4 is 17.6 Å². The minimum atomic E-state index is -4.79. The number of nitrogens with zero attached hydrogens (tertiary/aromatic N) is 1. The lowest BCUT2D eigenvalue weighted by Gasteiger charge is -2.33. The summed E-state index contributed by atoms with van der Waals surface area (Å²) < 4.78 is 51.2. The first kappa shape index (κ1) is 21.0. The summed E-state index contributed by atoms with van der Waals surface area (Å²) in [4.78, 5) is 25.9. The fraction of sp³-hybridized carbons (Fsp3) is 0.556. The summed E-state index contributed by atoms with van der Waals surface area (Å²) in [6.45, 7) is 4.89. The zero-order valence-electron chi connectivity index (χ0n) is 15.2. The number of amides is 3. The van der Waals surface area contributed by atoms with Crippen LogP contribution in [0.2, 0.25) is 0 Å². The molecule has 27 heavy (non-hydrogen) atoms. The predicted octanol–water partition coefficient (Wildman–Crippen LogP) is 4.00. The maximum atomic E-state index is 13.5. The number of rotatable bonds is 4. The van der Waals surface area contributed by atoms with E-state index in [0.717, 1.165) is 12.5 Å². The van der Waals surface area contributed by atoms with Gasteiger partial charge in [-0.25, -0.2) is 9.18 Å². The number of halogens is 4. The molecule has 0 aliphatic carbocycles. The Morgan fingerprint density at radius 1 is 1.26 bits per heavy atom. The van der Waals surface area contributed by atoms with E-state index in [9.17, 15) is 27.2 Å². The van der Waals surface area contributed by atoms with Gasteiger partial charge in [-0.05, 0) is 37.5 Å². The normalized spacial score (nSPS) is 16.7. The van der Waals surface area contributed by atoms with E-state index >= 15 is 0 Å². The Balaban J connectivity index is 1.85. The Bertz CT molecular complexity index is 686. The van der Waals surface area contributed by atoms with Crippen molar-refractivity contribution in [1.82, 2.24) is 10.2 Å². The van der Waals surface area contributed by atoms with Gasteiger partial charge >= 0.3 is 12.2 Å². The fourth-order valence-electron chi connectivity index (χ4n) is 2.91. The van der Waals surface area contributed by atoms with E-state index in [1.54, 1.807) is 4.90 Å². The highest BCUT2D eigenvalue weighted by atomic mass is 19.4. The Hall–Kier alpha value is -2.32. The number of urea groups is 1. The Morgan fingerprint density at radius 3 is 2.41 bits per heavy atom. The summed E-state index contributed by atoms with van der Waals surface area (Å²) in [5.74, 6) is -1.38. The average Bonchev–Trinajstić information content (AvgIpc) is 2.60. The number of nitrogens with one attached hydrogen (secondary N) is 2. The summed E-state index contributed by atoms with van der Waals surface area (Å²) in [5, 5.41) is 5.03. The van der Waals surface area contributed by atoms with Crippen LogP contribution >= 0.6 is 0 Å². The molecule has 0 aromatic heterocycles. The maximum absolute atomic E-state index is 13.5. The highest BCUT2D eigenvalue weighted by Crippen LogP contribution is 2.32. The smallest absolute Gasteiger partial charge is 0.342 e. The Kier molecular flexibility index (Phi) is 6.67. The van der Waals surface area contributed by atoms with Crippen molar-refractivity contribution < 1.29 is 27.2 Å². The number of alkyl halides is 3. The highest BCUT2D eigenvalue weighted by molar-refractivity contribution is 5.89. The molecule has 3 amide bonds. The SMILES string of the molecule is CCC(C)C(=O)N1CCC(NC(=O)Nc2ccc(C(F)(F)F)c(F)c2)CC1.